The minimum Gasteiger partial charge on any atom is -0.308 e. The molecule has 0 radical (unpaired) electrons. The number of piperazine rings is 1. The predicted octanol–water partition coefficient (Wildman–Crippen LogP) is 3.27. The number of nitrogens with zero attached hydrogens (tertiary/aromatic N) is 1. The molecule has 2 nitrogen and oxygen atoms in total. The fourth-order valence-corrected chi connectivity index (χ4v) is 5.59. The summed E-state index contributed by atoms with van der Waals surface area (Å²) in [5.74, 6) is 1.40. The van der Waals surface area contributed by atoms with Crippen LogP contribution in [0.4, 0.5) is 0 Å². The molecule has 3 fully saturated rings. The first-order chi connectivity index (χ1) is 9.31. The maximum atomic E-state index is 3.91. The van der Waals surface area contributed by atoms with Gasteiger partial charge in [-0.3, -0.25) is 4.90 Å². The Morgan fingerprint density at radius 1 is 1.21 bits per heavy atom. The van der Waals surface area contributed by atoms with E-state index in [1.165, 1.54) is 76.8 Å². The van der Waals surface area contributed by atoms with Crippen LogP contribution in [0, 0.1) is 0 Å². The molecule has 3 aliphatic rings. The van der Waals surface area contributed by atoms with Crippen molar-refractivity contribution < 1.29 is 0 Å². The summed E-state index contributed by atoms with van der Waals surface area (Å²) in [5, 5.41) is 4.83. The lowest BCUT2D eigenvalue weighted by atomic mass is 9.91. The molecular formula is C16H30N2S. The van der Waals surface area contributed by atoms with Crippen molar-refractivity contribution in [2.75, 3.05) is 25.4 Å². The molecule has 1 saturated carbocycles. The summed E-state index contributed by atoms with van der Waals surface area (Å²) in [7, 11) is 0. The van der Waals surface area contributed by atoms with Gasteiger partial charge in [0.05, 0.1) is 0 Å². The van der Waals surface area contributed by atoms with Crippen molar-refractivity contribution in [2.24, 2.45) is 0 Å². The second-order valence-electron chi connectivity index (χ2n) is 6.85. The summed E-state index contributed by atoms with van der Waals surface area (Å²) in [6.45, 7) is 6.27. The summed E-state index contributed by atoms with van der Waals surface area (Å²) in [6, 6.07) is 0.786. The Morgan fingerprint density at radius 2 is 2.05 bits per heavy atom. The average Bonchev–Trinajstić information content (AvgIpc) is 2.88. The molecule has 0 bridgehead atoms. The third kappa shape index (κ3) is 3.30. The van der Waals surface area contributed by atoms with Gasteiger partial charge in [-0.2, -0.15) is 11.8 Å². The first kappa shape index (κ1) is 14.2. The summed E-state index contributed by atoms with van der Waals surface area (Å²) in [5.41, 5.74) is 0.491. The van der Waals surface area contributed by atoms with Gasteiger partial charge >= 0.3 is 0 Å². The normalized spacial score (nSPS) is 35.8. The van der Waals surface area contributed by atoms with Gasteiger partial charge < -0.3 is 5.32 Å². The van der Waals surface area contributed by atoms with Gasteiger partial charge in [0.15, 0.2) is 0 Å². The molecule has 1 spiro atoms. The minimum absolute atomic E-state index is 0.491. The van der Waals surface area contributed by atoms with Crippen LogP contribution in [-0.2, 0) is 0 Å². The maximum absolute atomic E-state index is 3.91. The first-order valence-electron chi connectivity index (χ1n) is 8.42. The van der Waals surface area contributed by atoms with Crippen LogP contribution in [0.5, 0.6) is 0 Å². The molecule has 110 valence electrons. The largest absolute Gasteiger partial charge is 0.308 e. The number of rotatable bonds is 3. The van der Waals surface area contributed by atoms with E-state index < -0.39 is 0 Å². The van der Waals surface area contributed by atoms with E-state index in [4.69, 9.17) is 0 Å². The Balaban J connectivity index is 1.61. The highest BCUT2D eigenvalue weighted by Gasteiger charge is 2.41. The van der Waals surface area contributed by atoms with E-state index in [0.717, 1.165) is 11.3 Å². The molecule has 0 aromatic heterocycles. The monoisotopic (exact) mass is 282 g/mol. The molecule has 1 aliphatic carbocycles. The SMILES string of the molecule is CCC1CNC2(CCCC2)CN1CC1CCCCS1. The highest BCUT2D eigenvalue weighted by molar-refractivity contribution is 7.99. The zero-order valence-corrected chi connectivity index (χ0v) is 13.3. The highest BCUT2D eigenvalue weighted by Crippen LogP contribution is 2.35. The topological polar surface area (TPSA) is 15.3 Å². The lowest BCUT2D eigenvalue weighted by Gasteiger charge is -2.47. The molecule has 19 heavy (non-hydrogen) atoms. The van der Waals surface area contributed by atoms with Crippen LogP contribution >= 0.6 is 11.8 Å². The van der Waals surface area contributed by atoms with Crippen LogP contribution in [-0.4, -0.2) is 47.1 Å². The van der Waals surface area contributed by atoms with Gasteiger partial charge in [-0.15, -0.1) is 0 Å². The summed E-state index contributed by atoms with van der Waals surface area (Å²) < 4.78 is 0. The second-order valence-corrected chi connectivity index (χ2v) is 8.26. The summed E-state index contributed by atoms with van der Waals surface area (Å²) in [6.07, 6.45) is 11.4. The first-order valence-corrected chi connectivity index (χ1v) is 9.47. The number of hydrogen-bond acceptors (Lipinski definition) is 3. The van der Waals surface area contributed by atoms with E-state index in [9.17, 15) is 0 Å². The highest BCUT2D eigenvalue weighted by atomic mass is 32.2. The Bertz CT molecular complexity index is 282. The molecule has 0 aromatic carbocycles. The van der Waals surface area contributed by atoms with Crippen LogP contribution in [0.3, 0.4) is 0 Å². The van der Waals surface area contributed by atoms with Crippen molar-refractivity contribution in [2.45, 2.75) is 75.1 Å². The van der Waals surface area contributed by atoms with Crippen LogP contribution in [0.2, 0.25) is 0 Å². The number of nitrogens with one attached hydrogen (secondary N) is 1. The van der Waals surface area contributed by atoms with Crippen LogP contribution in [0.15, 0.2) is 0 Å². The smallest absolute Gasteiger partial charge is 0.0309 e. The van der Waals surface area contributed by atoms with Crippen molar-refractivity contribution in [1.29, 1.82) is 0 Å². The van der Waals surface area contributed by atoms with Crippen molar-refractivity contribution >= 4 is 11.8 Å². The zero-order valence-electron chi connectivity index (χ0n) is 12.5. The Labute approximate surface area is 123 Å². The minimum atomic E-state index is 0.491. The Hall–Kier alpha value is 0.270. The number of hydrogen-bond donors (Lipinski definition) is 1. The average molecular weight is 282 g/mol. The quantitative estimate of drug-likeness (QED) is 0.855. The predicted molar refractivity (Wildman–Crippen MR) is 85.0 cm³/mol. The maximum Gasteiger partial charge on any atom is 0.0309 e. The molecule has 2 atom stereocenters. The van der Waals surface area contributed by atoms with Crippen molar-refractivity contribution in [3.05, 3.63) is 0 Å². The van der Waals surface area contributed by atoms with E-state index in [-0.39, 0.29) is 0 Å². The van der Waals surface area contributed by atoms with E-state index in [1.807, 2.05) is 0 Å². The van der Waals surface area contributed by atoms with E-state index in [1.54, 1.807) is 0 Å². The van der Waals surface area contributed by atoms with Gasteiger partial charge in [0.1, 0.15) is 0 Å². The lowest BCUT2D eigenvalue weighted by Crippen LogP contribution is -2.63. The van der Waals surface area contributed by atoms with Gasteiger partial charge in [0.25, 0.3) is 0 Å². The van der Waals surface area contributed by atoms with Gasteiger partial charge in [0, 0.05) is 36.5 Å². The van der Waals surface area contributed by atoms with Gasteiger partial charge in [0.2, 0.25) is 0 Å². The van der Waals surface area contributed by atoms with Gasteiger partial charge in [-0.1, -0.05) is 26.2 Å². The lowest BCUT2D eigenvalue weighted by molar-refractivity contribution is 0.0779. The van der Waals surface area contributed by atoms with Crippen LogP contribution in [0.25, 0.3) is 0 Å². The third-order valence-corrected chi connectivity index (χ3v) is 6.86. The molecule has 1 N–H and O–H groups in total. The molecule has 2 aliphatic heterocycles. The summed E-state index contributed by atoms with van der Waals surface area (Å²) in [4.78, 5) is 2.85. The molecule has 2 saturated heterocycles. The second kappa shape index (κ2) is 6.36. The van der Waals surface area contributed by atoms with Crippen molar-refractivity contribution in [1.82, 2.24) is 10.2 Å². The molecule has 0 amide bonds. The molecule has 3 rings (SSSR count). The molecule has 0 aromatic rings. The van der Waals surface area contributed by atoms with Gasteiger partial charge in [-0.05, 0) is 37.9 Å². The molecular weight excluding hydrogens is 252 g/mol. The fourth-order valence-electron chi connectivity index (χ4n) is 4.25. The van der Waals surface area contributed by atoms with Crippen molar-refractivity contribution in [3.8, 4) is 0 Å². The summed E-state index contributed by atoms with van der Waals surface area (Å²) >= 11 is 2.24. The Kier molecular flexibility index (Phi) is 4.76. The van der Waals surface area contributed by atoms with E-state index in [0.29, 0.717) is 5.54 Å². The van der Waals surface area contributed by atoms with Crippen LogP contribution in [0.1, 0.15) is 58.3 Å². The zero-order chi connectivity index (χ0) is 13.1. The van der Waals surface area contributed by atoms with E-state index >= 15 is 0 Å². The van der Waals surface area contributed by atoms with Crippen molar-refractivity contribution in [3.63, 3.8) is 0 Å². The van der Waals surface area contributed by atoms with E-state index in [2.05, 4.69) is 28.9 Å². The molecule has 2 heterocycles. The standard InChI is InChI=1S/C16H30N2S/c1-2-14-11-17-16(8-4-5-9-16)13-18(14)12-15-7-3-6-10-19-15/h14-15,17H,2-13H2,1H3. The number of thioether (sulfide) groups is 1. The fraction of sp³-hybridized carbons (Fsp3) is 1.00. The molecule has 2 unspecified atom stereocenters. The van der Waals surface area contributed by atoms with Gasteiger partial charge in [-0.25, -0.2) is 0 Å². The third-order valence-electron chi connectivity index (χ3n) is 5.48. The molecule has 3 heteroatoms. The Morgan fingerprint density at radius 3 is 2.74 bits per heavy atom. The van der Waals surface area contributed by atoms with Crippen LogP contribution < -0.4 is 5.32 Å².